The van der Waals surface area contributed by atoms with Gasteiger partial charge in [-0.3, -0.25) is 9.59 Å². The van der Waals surface area contributed by atoms with Gasteiger partial charge in [-0.1, -0.05) is 61.2 Å². The van der Waals surface area contributed by atoms with Crippen LogP contribution in [0.2, 0.25) is 0 Å². The van der Waals surface area contributed by atoms with Gasteiger partial charge in [-0.2, -0.15) is 0 Å². The smallest absolute Gasteiger partial charge is 0.263 e. The van der Waals surface area contributed by atoms with E-state index in [1.54, 1.807) is 30.2 Å². The van der Waals surface area contributed by atoms with Crippen LogP contribution in [0.25, 0.3) is 0 Å². The fraction of sp³-hybridized carbons (Fsp3) is 0.214. The van der Waals surface area contributed by atoms with Crippen LogP contribution in [0.3, 0.4) is 0 Å². The maximum atomic E-state index is 13.6. The lowest BCUT2D eigenvalue weighted by Gasteiger charge is -2.27. The third kappa shape index (κ3) is 4.70. The molecule has 0 unspecified atom stereocenters. The van der Waals surface area contributed by atoms with Gasteiger partial charge >= 0.3 is 0 Å². The highest BCUT2D eigenvalue weighted by atomic mass is 32.2. The number of hydrogen-bond donors (Lipinski definition) is 1. The molecular formula is C28H26N4O4S. The largest absolute Gasteiger partial charge is 0.497 e. The molecule has 2 atom stereocenters. The number of carbonyl (C=O) groups excluding carboxylic acids is 2. The van der Waals surface area contributed by atoms with E-state index >= 15 is 0 Å². The Morgan fingerprint density at radius 3 is 2.54 bits per heavy atom. The number of amides is 2. The number of carbonyl (C=O) groups is 2. The number of thioether (sulfide) groups is 1. The fourth-order valence-corrected chi connectivity index (χ4v) is 5.27. The van der Waals surface area contributed by atoms with Gasteiger partial charge in [-0.25, -0.2) is 14.9 Å². The molecule has 0 bridgehead atoms. The Balaban J connectivity index is 1.44. The molecule has 0 saturated heterocycles. The molecule has 0 saturated carbocycles. The Kier molecular flexibility index (Phi) is 6.96. The first kappa shape index (κ1) is 24.6. The maximum absolute atomic E-state index is 13.6. The van der Waals surface area contributed by atoms with Gasteiger partial charge in [0.05, 0.1) is 30.8 Å². The van der Waals surface area contributed by atoms with E-state index in [1.807, 2.05) is 61.5 Å². The number of anilines is 1. The van der Waals surface area contributed by atoms with E-state index in [2.05, 4.69) is 5.32 Å². The Labute approximate surface area is 219 Å². The monoisotopic (exact) mass is 514 g/mol. The van der Waals surface area contributed by atoms with Crippen molar-refractivity contribution in [3.8, 4) is 11.5 Å². The van der Waals surface area contributed by atoms with Crippen molar-refractivity contribution >= 4 is 46.0 Å². The number of fused-ring (bicyclic) bond motifs is 3. The minimum Gasteiger partial charge on any atom is -0.497 e. The minimum atomic E-state index is -0.661. The van der Waals surface area contributed by atoms with Gasteiger partial charge in [-0.15, -0.1) is 0 Å². The first-order valence-corrected chi connectivity index (χ1v) is 12.8. The van der Waals surface area contributed by atoms with Crippen LogP contribution >= 0.6 is 11.8 Å². The Hall–Kier alpha value is -4.11. The molecule has 5 rings (SSSR count). The summed E-state index contributed by atoms with van der Waals surface area (Å²) in [7, 11) is 3.10. The van der Waals surface area contributed by atoms with Gasteiger partial charge in [0, 0.05) is 11.6 Å². The third-order valence-electron chi connectivity index (χ3n) is 6.16. The van der Waals surface area contributed by atoms with Crippen LogP contribution in [0.5, 0.6) is 11.5 Å². The molecule has 188 valence electrons. The van der Waals surface area contributed by atoms with Crippen LogP contribution in [-0.4, -0.2) is 47.2 Å². The molecule has 3 aromatic carbocycles. The zero-order valence-corrected chi connectivity index (χ0v) is 21.5. The summed E-state index contributed by atoms with van der Waals surface area (Å²) < 4.78 is 10.7. The number of methoxy groups -OCH3 is 2. The van der Waals surface area contributed by atoms with E-state index in [0.29, 0.717) is 40.3 Å². The molecule has 37 heavy (non-hydrogen) atoms. The molecule has 0 radical (unpaired) electrons. The average molecular weight is 515 g/mol. The number of hydrogen-bond acceptors (Lipinski definition) is 7. The second-order valence-corrected chi connectivity index (χ2v) is 9.59. The van der Waals surface area contributed by atoms with E-state index in [1.165, 1.54) is 18.9 Å². The van der Waals surface area contributed by atoms with E-state index < -0.39 is 11.3 Å². The molecule has 2 aliphatic rings. The highest BCUT2D eigenvalue weighted by molar-refractivity contribution is 8.15. The zero-order valence-electron chi connectivity index (χ0n) is 20.7. The van der Waals surface area contributed by atoms with Crippen LogP contribution in [-0.2, 0) is 9.59 Å². The van der Waals surface area contributed by atoms with Crippen LogP contribution in [0.15, 0.2) is 82.8 Å². The predicted octanol–water partition coefficient (Wildman–Crippen LogP) is 5.19. The number of aliphatic imine (C=N–C) groups is 2. The van der Waals surface area contributed by atoms with Crippen LogP contribution in [0, 0.1) is 0 Å². The number of para-hydroxylation sites is 1. The number of benzene rings is 3. The summed E-state index contributed by atoms with van der Waals surface area (Å²) in [5.74, 6) is 1.26. The quantitative estimate of drug-likeness (QED) is 0.469. The van der Waals surface area contributed by atoms with Gasteiger partial charge in [-0.05, 0) is 36.2 Å². The van der Waals surface area contributed by atoms with Gasteiger partial charge in [0.15, 0.2) is 11.2 Å². The first-order chi connectivity index (χ1) is 18.0. The second kappa shape index (κ2) is 10.5. The molecular weight excluding hydrogens is 488 g/mol. The summed E-state index contributed by atoms with van der Waals surface area (Å²) in [6, 6.07) is 21.6. The fourth-order valence-electron chi connectivity index (χ4n) is 4.25. The van der Waals surface area contributed by atoms with E-state index in [9.17, 15) is 9.59 Å². The average Bonchev–Trinajstić information content (AvgIpc) is 3.29. The Bertz CT molecular complexity index is 1410. The molecule has 0 aliphatic carbocycles. The van der Waals surface area contributed by atoms with Gasteiger partial charge in [0.2, 0.25) is 5.91 Å². The Morgan fingerprint density at radius 2 is 1.81 bits per heavy atom. The number of nitrogens with zero attached hydrogens (tertiary/aromatic N) is 3. The molecule has 1 N–H and O–H groups in total. The summed E-state index contributed by atoms with van der Waals surface area (Å²) in [5.41, 5.74) is 2.85. The Morgan fingerprint density at radius 1 is 1.05 bits per heavy atom. The summed E-state index contributed by atoms with van der Waals surface area (Å²) in [4.78, 5) is 38.1. The number of amidine groups is 2. The van der Waals surface area contributed by atoms with Gasteiger partial charge in [0.1, 0.15) is 17.3 Å². The van der Waals surface area contributed by atoms with E-state index in [0.717, 1.165) is 11.1 Å². The molecule has 9 heteroatoms. The van der Waals surface area contributed by atoms with Gasteiger partial charge in [0.25, 0.3) is 5.91 Å². The van der Waals surface area contributed by atoms with Crippen molar-refractivity contribution in [3.63, 3.8) is 0 Å². The molecule has 0 fully saturated rings. The summed E-state index contributed by atoms with van der Waals surface area (Å²) >= 11 is 1.25. The lowest BCUT2D eigenvalue weighted by molar-refractivity contribution is -0.124. The highest BCUT2D eigenvalue weighted by Gasteiger charge is 2.43. The number of rotatable bonds is 7. The topological polar surface area (TPSA) is 92.6 Å². The standard InChI is InChI=1S/C28H26N4O4S/c1-4-23(26(33)29-21-15-14-18(35-2)16-22(21)36-3)37-28-30-20-13-9-8-12-19(20)25-31-24(27(34)32(25)28)17-10-6-5-7-11-17/h5-16,23-24H,4H2,1-3H3,(H,29,33)/t23-,24-/m0/s1. The maximum Gasteiger partial charge on any atom is 0.263 e. The third-order valence-corrected chi connectivity index (χ3v) is 7.48. The minimum absolute atomic E-state index is 0.186. The second-order valence-electron chi connectivity index (χ2n) is 8.42. The van der Waals surface area contributed by atoms with Crippen molar-refractivity contribution < 1.29 is 19.1 Å². The molecule has 3 aromatic rings. The molecule has 2 amide bonds. The first-order valence-electron chi connectivity index (χ1n) is 11.9. The summed E-state index contributed by atoms with van der Waals surface area (Å²) in [6.45, 7) is 1.92. The van der Waals surface area contributed by atoms with Crippen molar-refractivity contribution in [3.05, 3.63) is 83.9 Å². The van der Waals surface area contributed by atoms with Crippen LogP contribution < -0.4 is 14.8 Å². The molecule has 0 spiro atoms. The lowest BCUT2D eigenvalue weighted by Crippen LogP contribution is -2.41. The molecule has 0 aromatic heterocycles. The SMILES string of the molecule is CC[C@H](SC1=Nc2ccccc2C2=N[C@@H](c3ccccc3)C(=O)N12)C(=O)Nc1ccc(OC)cc1OC. The van der Waals surface area contributed by atoms with Crippen LogP contribution in [0.1, 0.15) is 30.5 Å². The highest BCUT2D eigenvalue weighted by Crippen LogP contribution is 2.39. The number of nitrogens with one attached hydrogen (secondary N) is 1. The molecule has 8 nitrogen and oxygen atoms in total. The van der Waals surface area contributed by atoms with Crippen LogP contribution in [0.4, 0.5) is 11.4 Å². The van der Waals surface area contributed by atoms with Crippen molar-refractivity contribution in [1.82, 2.24) is 4.90 Å². The summed E-state index contributed by atoms with van der Waals surface area (Å²) in [6.07, 6.45) is 0.520. The van der Waals surface area contributed by atoms with Crippen molar-refractivity contribution in [2.24, 2.45) is 9.98 Å². The van der Waals surface area contributed by atoms with Crippen molar-refractivity contribution in [1.29, 1.82) is 0 Å². The van der Waals surface area contributed by atoms with Gasteiger partial charge < -0.3 is 14.8 Å². The van der Waals surface area contributed by atoms with Crippen molar-refractivity contribution in [2.75, 3.05) is 19.5 Å². The van der Waals surface area contributed by atoms with E-state index in [4.69, 9.17) is 19.5 Å². The molecule has 2 aliphatic heterocycles. The molecule has 2 heterocycles. The van der Waals surface area contributed by atoms with Crippen molar-refractivity contribution in [2.45, 2.75) is 24.6 Å². The summed E-state index contributed by atoms with van der Waals surface area (Å²) in [5, 5.41) is 2.87. The predicted molar refractivity (Wildman–Crippen MR) is 146 cm³/mol. The lowest BCUT2D eigenvalue weighted by atomic mass is 10.1. The zero-order chi connectivity index (χ0) is 25.9. The van der Waals surface area contributed by atoms with E-state index in [-0.39, 0.29) is 11.8 Å². The number of ether oxygens (including phenoxy) is 2. The normalized spacial score (nSPS) is 16.8.